The second kappa shape index (κ2) is 9.76. The lowest BCUT2D eigenvalue weighted by atomic mass is 10.2. The summed E-state index contributed by atoms with van der Waals surface area (Å²) in [5.41, 5.74) is 3.54. The molecule has 0 fully saturated rings. The summed E-state index contributed by atoms with van der Waals surface area (Å²) in [5, 5.41) is 6.20. The lowest BCUT2D eigenvalue weighted by molar-refractivity contribution is -0.122. The van der Waals surface area contributed by atoms with Crippen LogP contribution in [0.2, 0.25) is 0 Å². The fraction of sp³-hybridized carbons (Fsp3) is 0.190. The molecule has 3 aromatic rings. The Bertz CT molecular complexity index is 1060. The summed E-state index contributed by atoms with van der Waals surface area (Å²) in [6.45, 7) is 6.22. The van der Waals surface area contributed by atoms with E-state index in [0.717, 1.165) is 31.9 Å². The lowest BCUT2D eigenvalue weighted by Crippen LogP contribution is -2.34. The fourth-order valence-corrected chi connectivity index (χ4v) is 4.12. The van der Waals surface area contributed by atoms with Gasteiger partial charge in [0.15, 0.2) is 5.16 Å². The van der Waals surface area contributed by atoms with Gasteiger partial charge in [0.25, 0.3) is 0 Å². The van der Waals surface area contributed by atoms with Gasteiger partial charge in [0.05, 0.1) is 23.3 Å². The van der Waals surface area contributed by atoms with Crippen LogP contribution in [0.4, 0.5) is 5.69 Å². The molecule has 0 saturated heterocycles. The van der Waals surface area contributed by atoms with Gasteiger partial charge in [0.2, 0.25) is 11.8 Å². The lowest BCUT2D eigenvalue weighted by Gasteiger charge is -2.10. The van der Waals surface area contributed by atoms with Crippen LogP contribution in [-0.2, 0) is 16.1 Å². The van der Waals surface area contributed by atoms with Gasteiger partial charge in [0.1, 0.15) is 0 Å². The van der Waals surface area contributed by atoms with E-state index in [0.29, 0.717) is 6.54 Å². The molecule has 0 aliphatic rings. The van der Waals surface area contributed by atoms with Crippen molar-refractivity contribution in [1.82, 2.24) is 14.9 Å². The second-order valence-corrected chi connectivity index (χ2v) is 8.21. The number of aromatic nitrogens is 2. The van der Waals surface area contributed by atoms with Crippen LogP contribution in [-0.4, -0.2) is 33.7 Å². The molecule has 3 rings (SSSR count). The smallest absolute Gasteiger partial charge is 0.243 e. The number of halogens is 1. The van der Waals surface area contributed by atoms with Gasteiger partial charge in [-0.05, 0) is 42.8 Å². The first-order valence-corrected chi connectivity index (χ1v) is 10.8. The molecule has 1 aromatic heterocycles. The topological polar surface area (TPSA) is 76.0 Å². The summed E-state index contributed by atoms with van der Waals surface area (Å²) in [7, 11) is 0. The van der Waals surface area contributed by atoms with Crippen molar-refractivity contribution in [3.63, 3.8) is 0 Å². The number of hydrogen-bond acceptors (Lipinski definition) is 4. The third-order valence-corrected chi connectivity index (χ3v) is 5.64. The van der Waals surface area contributed by atoms with Crippen LogP contribution in [0.5, 0.6) is 0 Å². The standard InChI is InChI=1S/C21H21BrN4O2S/c1-3-10-26-18-7-5-4-6-17(18)25-21(26)29-13-20(28)23-12-19(27)24-16-9-8-15(22)11-14(16)2/h3-9,11H,1,10,12-13H2,2H3,(H,23,28)(H,24,27). The van der Waals surface area contributed by atoms with Crippen molar-refractivity contribution in [3.05, 3.63) is 65.2 Å². The number of thioether (sulfide) groups is 1. The molecule has 0 unspecified atom stereocenters. The minimum atomic E-state index is -0.271. The van der Waals surface area contributed by atoms with Gasteiger partial charge in [-0.25, -0.2) is 4.98 Å². The summed E-state index contributed by atoms with van der Waals surface area (Å²) < 4.78 is 2.96. The maximum Gasteiger partial charge on any atom is 0.243 e. The minimum absolute atomic E-state index is 0.0853. The highest BCUT2D eigenvalue weighted by molar-refractivity contribution is 9.10. The first kappa shape index (κ1) is 21.1. The van der Waals surface area contributed by atoms with Crippen LogP contribution in [0.25, 0.3) is 11.0 Å². The van der Waals surface area contributed by atoms with Crippen LogP contribution < -0.4 is 10.6 Å². The predicted octanol–water partition coefficient (Wildman–Crippen LogP) is 4.14. The van der Waals surface area contributed by atoms with E-state index in [9.17, 15) is 9.59 Å². The molecular weight excluding hydrogens is 452 g/mol. The van der Waals surface area contributed by atoms with Crippen LogP contribution in [0.15, 0.2) is 64.7 Å². The molecule has 1 heterocycles. The maximum absolute atomic E-state index is 12.2. The Hall–Kier alpha value is -2.58. The molecule has 150 valence electrons. The molecule has 0 saturated carbocycles. The van der Waals surface area contributed by atoms with Gasteiger partial charge in [-0.3, -0.25) is 9.59 Å². The summed E-state index contributed by atoms with van der Waals surface area (Å²) in [5.74, 6) is -0.326. The van der Waals surface area contributed by atoms with Gasteiger partial charge in [-0.15, -0.1) is 6.58 Å². The predicted molar refractivity (Wildman–Crippen MR) is 121 cm³/mol. The van der Waals surface area contributed by atoms with Crippen molar-refractivity contribution < 1.29 is 9.59 Å². The van der Waals surface area contributed by atoms with E-state index in [1.54, 1.807) is 6.08 Å². The number of nitrogens with one attached hydrogen (secondary N) is 2. The number of carbonyl (C=O) groups excluding carboxylic acids is 2. The fourth-order valence-electron chi connectivity index (χ4n) is 2.79. The Labute approximate surface area is 181 Å². The Morgan fingerprint density at radius 2 is 2.03 bits per heavy atom. The van der Waals surface area contributed by atoms with E-state index in [1.165, 1.54) is 11.8 Å². The summed E-state index contributed by atoms with van der Waals surface area (Å²) in [4.78, 5) is 28.9. The number of nitrogens with zero attached hydrogens (tertiary/aromatic N) is 2. The second-order valence-electron chi connectivity index (χ2n) is 6.36. The monoisotopic (exact) mass is 472 g/mol. The van der Waals surface area contributed by atoms with Crippen molar-refractivity contribution in [3.8, 4) is 0 Å². The van der Waals surface area contributed by atoms with Gasteiger partial charge in [0, 0.05) is 16.7 Å². The highest BCUT2D eigenvalue weighted by Crippen LogP contribution is 2.24. The van der Waals surface area contributed by atoms with Crippen molar-refractivity contribution >= 4 is 56.2 Å². The van der Waals surface area contributed by atoms with Crippen molar-refractivity contribution in [2.75, 3.05) is 17.6 Å². The Morgan fingerprint density at radius 3 is 2.79 bits per heavy atom. The minimum Gasteiger partial charge on any atom is -0.346 e. The molecule has 2 aromatic carbocycles. The van der Waals surface area contributed by atoms with Crippen LogP contribution >= 0.6 is 27.7 Å². The maximum atomic E-state index is 12.2. The molecule has 0 bridgehead atoms. The third-order valence-electron chi connectivity index (χ3n) is 4.17. The Kier molecular flexibility index (Phi) is 7.11. The van der Waals surface area contributed by atoms with E-state index < -0.39 is 0 Å². The average Bonchev–Trinajstić information content (AvgIpc) is 3.05. The van der Waals surface area contributed by atoms with Gasteiger partial charge < -0.3 is 15.2 Å². The van der Waals surface area contributed by atoms with Gasteiger partial charge in [-0.1, -0.05) is 45.9 Å². The Balaban J connectivity index is 1.53. The highest BCUT2D eigenvalue weighted by atomic mass is 79.9. The summed E-state index contributed by atoms with van der Waals surface area (Å²) in [6, 6.07) is 13.4. The largest absolute Gasteiger partial charge is 0.346 e. The van der Waals surface area contributed by atoms with Crippen LogP contribution in [0.1, 0.15) is 5.56 Å². The zero-order valence-corrected chi connectivity index (χ0v) is 18.3. The molecule has 2 amide bonds. The number of hydrogen-bond donors (Lipinski definition) is 2. The van der Waals surface area contributed by atoms with E-state index in [1.807, 2.05) is 54.0 Å². The van der Waals surface area contributed by atoms with Crippen LogP contribution in [0, 0.1) is 6.92 Å². The van der Waals surface area contributed by atoms with E-state index >= 15 is 0 Å². The number of amides is 2. The molecule has 29 heavy (non-hydrogen) atoms. The van der Waals surface area contributed by atoms with E-state index in [-0.39, 0.29) is 24.1 Å². The summed E-state index contributed by atoms with van der Waals surface area (Å²) >= 11 is 4.73. The third kappa shape index (κ3) is 5.48. The summed E-state index contributed by atoms with van der Waals surface area (Å²) in [6.07, 6.45) is 1.80. The van der Waals surface area contributed by atoms with Crippen LogP contribution in [0.3, 0.4) is 0 Å². The Morgan fingerprint density at radius 1 is 1.24 bits per heavy atom. The number of allylic oxidation sites excluding steroid dienone is 1. The van der Waals surface area contributed by atoms with E-state index in [4.69, 9.17) is 0 Å². The number of anilines is 1. The van der Waals surface area contributed by atoms with Gasteiger partial charge >= 0.3 is 0 Å². The number of fused-ring (bicyclic) bond motifs is 1. The molecule has 0 spiro atoms. The number of aryl methyl sites for hydroxylation is 1. The molecule has 0 atom stereocenters. The van der Waals surface area contributed by atoms with Crippen molar-refractivity contribution in [1.29, 1.82) is 0 Å². The van der Waals surface area contributed by atoms with Gasteiger partial charge in [-0.2, -0.15) is 0 Å². The quantitative estimate of drug-likeness (QED) is 0.381. The molecule has 8 heteroatoms. The zero-order chi connectivity index (χ0) is 20.8. The molecule has 2 N–H and O–H groups in total. The zero-order valence-electron chi connectivity index (χ0n) is 15.9. The van der Waals surface area contributed by atoms with E-state index in [2.05, 4.69) is 38.1 Å². The SMILES string of the molecule is C=CCn1c(SCC(=O)NCC(=O)Nc2ccc(Br)cc2C)nc2ccccc21. The van der Waals surface area contributed by atoms with Crippen molar-refractivity contribution in [2.24, 2.45) is 0 Å². The molecule has 0 radical (unpaired) electrons. The number of imidazole rings is 1. The molecular formula is C21H21BrN4O2S. The molecule has 6 nitrogen and oxygen atoms in total. The number of carbonyl (C=O) groups is 2. The average molecular weight is 473 g/mol. The number of rotatable bonds is 8. The highest BCUT2D eigenvalue weighted by Gasteiger charge is 2.13. The molecule has 0 aliphatic carbocycles. The molecule has 0 aliphatic heterocycles. The first-order chi connectivity index (χ1) is 14.0. The number of benzene rings is 2. The number of para-hydroxylation sites is 2. The first-order valence-electron chi connectivity index (χ1n) is 8.99. The van der Waals surface area contributed by atoms with Crippen molar-refractivity contribution in [2.45, 2.75) is 18.6 Å². The normalized spacial score (nSPS) is 10.7.